The standard InChI is InChI=1S/C17H20N2O3/c1-18-11-13(10-17(21)22-2)16-5-3-4-15(19-16)12-6-8-14(20)9-7-12/h3-9,13,18,20H,10-11H2,1-2H3/t13-/m1/s1. The molecule has 0 radical (unpaired) electrons. The second-order valence-electron chi connectivity index (χ2n) is 5.03. The van der Waals surface area contributed by atoms with Crippen LogP contribution in [0.3, 0.4) is 0 Å². The summed E-state index contributed by atoms with van der Waals surface area (Å²) in [6.07, 6.45) is 0.281. The molecule has 5 heteroatoms. The van der Waals surface area contributed by atoms with E-state index >= 15 is 0 Å². The number of rotatable bonds is 6. The van der Waals surface area contributed by atoms with Crippen LogP contribution in [-0.2, 0) is 9.53 Å². The molecule has 2 aromatic rings. The van der Waals surface area contributed by atoms with Gasteiger partial charge in [0.15, 0.2) is 0 Å². The zero-order chi connectivity index (χ0) is 15.9. The Morgan fingerprint density at radius 1 is 1.27 bits per heavy atom. The van der Waals surface area contributed by atoms with Gasteiger partial charge in [0.2, 0.25) is 0 Å². The zero-order valence-electron chi connectivity index (χ0n) is 12.7. The highest BCUT2D eigenvalue weighted by Gasteiger charge is 2.17. The summed E-state index contributed by atoms with van der Waals surface area (Å²) in [5, 5.41) is 12.4. The van der Waals surface area contributed by atoms with Crippen molar-refractivity contribution in [3.63, 3.8) is 0 Å². The van der Waals surface area contributed by atoms with E-state index in [1.165, 1.54) is 7.11 Å². The van der Waals surface area contributed by atoms with Gasteiger partial charge in [-0.3, -0.25) is 9.78 Å². The van der Waals surface area contributed by atoms with Crippen LogP contribution < -0.4 is 5.32 Å². The third-order valence-electron chi connectivity index (χ3n) is 3.44. The van der Waals surface area contributed by atoms with Gasteiger partial charge in [0.25, 0.3) is 0 Å². The maximum atomic E-state index is 11.6. The molecule has 22 heavy (non-hydrogen) atoms. The Kier molecular flexibility index (Phi) is 5.49. The molecule has 0 saturated carbocycles. The molecule has 2 rings (SSSR count). The van der Waals surface area contributed by atoms with Gasteiger partial charge in [-0.25, -0.2) is 0 Å². The minimum Gasteiger partial charge on any atom is -0.508 e. The number of aromatic nitrogens is 1. The first-order valence-electron chi connectivity index (χ1n) is 7.11. The lowest BCUT2D eigenvalue weighted by Gasteiger charge is -2.15. The van der Waals surface area contributed by atoms with E-state index in [1.807, 2.05) is 37.4 Å². The van der Waals surface area contributed by atoms with E-state index in [2.05, 4.69) is 10.3 Å². The highest BCUT2D eigenvalue weighted by atomic mass is 16.5. The van der Waals surface area contributed by atoms with Gasteiger partial charge in [0.1, 0.15) is 5.75 Å². The van der Waals surface area contributed by atoms with Crippen molar-refractivity contribution in [2.75, 3.05) is 20.7 Å². The number of hydrogen-bond acceptors (Lipinski definition) is 5. The summed E-state index contributed by atoms with van der Waals surface area (Å²) >= 11 is 0. The zero-order valence-corrected chi connectivity index (χ0v) is 12.7. The number of likely N-dealkylation sites (N-methyl/N-ethyl adjacent to an activating group) is 1. The monoisotopic (exact) mass is 300 g/mol. The lowest BCUT2D eigenvalue weighted by molar-refractivity contribution is -0.141. The van der Waals surface area contributed by atoms with Crippen LogP contribution in [0.1, 0.15) is 18.0 Å². The Bertz CT molecular complexity index is 626. The van der Waals surface area contributed by atoms with Crippen molar-refractivity contribution >= 4 is 5.97 Å². The van der Waals surface area contributed by atoms with Crippen molar-refractivity contribution < 1.29 is 14.6 Å². The van der Waals surface area contributed by atoms with Gasteiger partial charge in [0, 0.05) is 23.7 Å². The molecule has 0 spiro atoms. The summed E-state index contributed by atoms with van der Waals surface area (Å²) in [5.74, 6) is -0.0785. The summed E-state index contributed by atoms with van der Waals surface area (Å²) < 4.78 is 4.75. The smallest absolute Gasteiger partial charge is 0.306 e. The molecule has 0 amide bonds. The Hall–Kier alpha value is -2.40. The number of hydrogen-bond donors (Lipinski definition) is 2. The molecule has 0 aliphatic rings. The van der Waals surface area contributed by atoms with Crippen molar-refractivity contribution in [1.82, 2.24) is 10.3 Å². The number of phenols is 1. The maximum absolute atomic E-state index is 11.6. The van der Waals surface area contributed by atoms with Crippen molar-refractivity contribution in [3.05, 3.63) is 48.2 Å². The predicted octanol–water partition coefficient (Wildman–Crippen LogP) is 2.32. The molecule has 5 nitrogen and oxygen atoms in total. The molecule has 116 valence electrons. The number of carbonyl (C=O) groups excluding carboxylic acids is 1. The second-order valence-corrected chi connectivity index (χ2v) is 5.03. The molecule has 1 heterocycles. The summed E-state index contributed by atoms with van der Waals surface area (Å²) in [6.45, 7) is 0.640. The van der Waals surface area contributed by atoms with Gasteiger partial charge in [-0.05, 0) is 43.4 Å². The van der Waals surface area contributed by atoms with Gasteiger partial charge in [-0.1, -0.05) is 6.07 Å². The van der Waals surface area contributed by atoms with E-state index in [1.54, 1.807) is 12.1 Å². The maximum Gasteiger partial charge on any atom is 0.306 e. The number of aromatic hydroxyl groups is 1. The first-order chi connectivity index (χ1) is 10.6. The minimum absolute atomic E-state index is 0.0467. The molecule has 0 unspecified atom stereocenters. The quantitative estimate of drug-likeness (QED) is 0.801. The number of phenolic OH excluding ortho intramolecular Hbond substituents is 1. The van der Waals surface area contributed by atoms with Crippen LogP contribution >= 0.6 is 0 Å². The number of nitrogens with one attached hydrogen (secondary N) is 1. The Balaban J connectivity index is 2.28. The molecular formula is C17H20N2O3. The third kappa shape index (κ3) is 4.05. The SMILES string of the molecule is CNC[C@@H](CC(=O)OC)c1cccc(-c2ccc(O)cc2)n1. The van der Waals surface area contributed by atoms with Gasteiger partial charge in [-0.2, -0.15) is 0 Å². The first-order valence-corrected chi connectivity index (χ1v) is 7.11. The predicted molar refractivity (Wildman–Crippen MR) is 84.6 cm³/mol. The van der Waals surface area contributed by atoms with Crippen LogP contribution in [0.5, 0.6) is 5.75 Å². The highest BCUT2D eigenvalue weighted by Crippen LogP contribution is 2.24. The number of methoxy groups -OCH3 is 1. The third-order valence-corrected chi connectivity index (χ3v) is 3.44. The average molecular weight is 300 g/mol. The molecular weight excluding hydrogens is 280 g/mol. The van der Waals surface area contributed by atoms with Crippen LogP contribution in [-0.4, -0.2) is 36.8 Å². The normalized spacial score (nSPS) is 11.9. The highest BCUT2D eigenvalue weighted by molar-refractivity contribution is 5.70. The topological polar surface area (TPSA) is 71.5 Å². The number of benzene rings is 1. The van der Waals surface area contributed by atoms with Gasteiger partial charge in [0.05, 0.1) is 19.2 Å². The molecule has 1 aromatic heterocycles. The fraction of sp³-hybridized carbons (Fsp3) is 0.294. The van der Waals surface area contributed by atoms with Crippen LogP contribution in [0.15, 0.2) is 42.5 Å². The van der Waals surface area contributed by atoms with Crippen LogP contribution in [0, 0.1) is 0 Å². The number of nitrogens with zero attached hydrogens (tertiary/aromatic N) is 1. The molecule has 1 aromatic carbocycles. The summed E-state index contributed by atoms with van der Waals surface area (Å²) in [5.41, 5.74) is 2.56. The van der Waals surface area contributed by atoms with Crippen LogP contribution in [0.4, 0.5) is 0 Å². The van der Waals surface area contributed by atoms with E-state index in [0.717, 1.165) is 17.0 Å². The Labute approximate surface area is 130 Å². The number of esters is 1. The second kappa shape index (κ2) is 7.56. The van der Waals surface area contributed by atoms with Crippen LogP contribution in [0.25, 0.3) is 11.3 Å². The Morgan fingerprint density at radius 2 is 2.00 bits per heavy atom. The van der Waals surface area contributed by atoms with Crippen molar-refractivity contribution in [3.8, 4) is 17.0 Å². The number of ether oxygens (including phenoxy) is 1. The lowest BCUT2D eigenvalue weighted by Crippen LogP contribution is -2.21. The summed E-state index contributed by atoms with van der Waals surface area (Å²) in [6, 6.07) is 12.6. The van der Waals surface area contributed by atoms with Gasteiger partial charge in [-0.15, -0.1) is 0 Å². The van der Waals surface area contributed by atoms with Crippen molar-refractivity contribution in [1.29, 1.82) is 0 Å². The first kappa shape index (κ1) is 16.0. The fourth-order valence-corrected chi connectivity index (χ4v) is 2.28. The summed E-state index contributed by atoms with van der Waals surface area (Å²) in [7, 11) is 3.23. The van der Waals surface area contributed by atoms with E-state index < -0.39 is 0 Å². The number of carbonyl (C=O) groups is 1. The van der Waals surface area contributed by atoms with Gasteiger partial charge >= 0.3 is 5.97 Å². The minimum atomic E-state index is -0.253. The molecule has 0 bridgehead atoms. The van der Waals surface area contributed by atoms with Crippen molar-refractivity contribution in [2.45, 2.75) is 12.3 Å². The Morgan fingerprint density at radius 3 is 2.64 bits per heavy atom. The molecule has 1 atom stereocenters. The molecule has 0 saturated heterocycles. The van der Waals surface area contributed by atoms with E-state index in [-0.39, 0.29) is 24.1 Å². The average Bonchev–Trinajstić information content (AvgIpc) is 2.55. The van der Waals surface area contributed by atoms with Gasteiger partial charge < -0.3 is 15.2 Å². The molecule has 2 N–H and O–H groups in total. The molecule has 0 fully saturated rings. The lowest BCUT2D eigenvalue weighted by atomic mass is 9.99. The largest absolute Gasteiger partial charge is 0.508 e. The molecule has 0 aliphatic heterocycles. The molecule has 0 aliphatic carbocycles. The van der Waals surface area contributed by atoms with E-state index in [4.69, 9.17) is 4.74 Å². The van der Waals surface area contributed by atoms with E-state index in [0.29, 0.717) is 6.54 Å². The summed E-state index contributed by atoms with van der Waals surface area (Å²) in [4.78, 5) is 16.2. The van der Waals surface area contributed by atoms with Crippen LogP contribution in [0.2, 0.25) is 0 Å². The number of pyridine rings is 1. The van der Waals surface area contributed by atoms with Crippen molar-refractivity contribution in [2.24, 2.45) is 0 Å². The van der Waals surface area contributed by atoms with E-state index in [9.17, 15) is 9.90 Å². The fourth-order valence-electron chi connectivity index (χ4n) is 2.28.